The number of anilines is 3. The van der Waals surface area contributed by atoms with E-state index in [2.05, 4.69) is 15.3 Å². The first kappa shape index (κ1) is 26.3. The molecule has 0 radical (unpaired) electrons. The van der Waals surface area contributed by atoms with Crippen LogP contribution >= 0.6 is 0 Å². The van der Waals surface area contributed by atoms with Crippen molar-refractivity contribution in [1.29, 1.82) is 0 Å². The van der Waals surface area contributed by atoms with E-state index in [0.29, 0.717) is 37.4 Å². The Hall–Kier alpha value is -3.31. The second-order valence-corrected chi connectivity index (χ2v) is 12.7. The molecule has 5 rings (SSSR count). The van der Waals surface area contributed by atoms with Gasteiger partial charge in [0.1, 0.15) is 11.3 Å². The van der Waals surface area contributed by atoms with Crippen molar-refractivity contribution in [2.75, 3.05) is 29.6 Å². The van der Waals surface area contributed by atoms with Gasteiger partial charge in [0.15, 0.2) is 17.4 Å². The molecule has 3 aromatic rings. The van der Waals surface area contributed by atoms with Crippen LogP contribution in [0.4, 0.5) is 26.1 Å². The van der Waals surface area contributed by atoms with Gasteiger partial charge in [0.05, 0.1) is 24.7 Å². The van der Waals surface area contributed by atoms with Gasteiger partial charge in [-0.25, -0.2) is 27.2 Å². The molecule has 11 heteroatoms. The lowest BCUT2D eigenvalue weighted by Gasteiger charge is -2.43. The quantitative estimate of drug-likeness (QED) is 0.491. The normalized spacial score (nSPS) is 17.1. The molecular formula is C27H31F2N5O3S. The van der Waals surface area contributed by atoms with Crippen molar-refractivity contribution < 1.29 is 21.9 Å². The first-order valence-corrected chi connectivity index (χ1v) is 14.3. The Morgan fingerprint density at radius 2 is 1.87 bits per heavy atom. The van der Waals surface area contributed by atoms with Gasteiger partial charge in [-0.3, -0.25) is 0 Å². The van der Waals surface area contributed by atoms with Crippen molar-refractivity contribution in [3.05, 3.63) is 59.3 Å². The Balaban J connectivity index is 1.45. The Kier molecular flexibility index (Phi) is 6.55. The Labute approximate surface area is 221 Å². The third-order valence-electron chi connectivity index (χ3n) is 6.81. The van der Waals surface area contributed by atoms with Crippen LogP contribution in [0.3, 0.4) is 0 Å². The predicted molar refractivity (Wildman–Crippen MR) is 143 cm³/mol. The molecule has 3 heterocycles. The number of benzene rings is 2. The van der Waals surface area contributed by atoms with E-state index in [9.17, 15) is 12.8 Å². The summed E-state index contributed by atoms with van der Waals surface area (Å²) >= 11 is 0. The molecule has 0 spiro atoms. The summed E-state index contributed by atoms with van der Waals surface area (Å²) in [7, 11) is -3.26. The molecule has 38 heavy (non-hydrogen) atoms. The van der Waals surface area contributed by atoms with Crippen LogP contribution in [-0.2, 0) is 23.0 Å². The SMILES string of the molecule is CC(C)N1CC(C)(C)Oc2c(F)cc(-c3nc(Nc4ccc5c(c4)CCN(S(C)(=O)=O)C5)ncc3F)cc21. The molecule has 1 N–H and O–H groups in total. The number of nitrogens with zero attached hydrogens (tertiary/aromatic N) is 4. The van der Waals surface area contributed by atoms with Gasteiger partial charge in [-0.15, -0.1) is 0 Å². The van der Waals surface area contributed by atoms with Crippen LogP contribution < -0.4 is 15.0 Å². The van der Waals surface area contributed by atoms with E-state index in [0.717, 1.165) is 17.3 Å². The molecule has 202 valence electrons. The van der Waals surface area contributed by atoms with Gasteiger partial charge >= 0.3 is 0 Å². The Bertz CT molecular complexity index is 1510. The van der Waals surface area contributed by atoms with E-state index in [1.165, 1.54) is 16.6 Å². The molecule has 2 aliphatic rings. The fourth-order valence-corrected chi connectivity index (χ4v) is 5.74. The molecule has 1 aromatic heterocycles. The predicted octanol–water partition coefficient (Wildman–Crippen LogP) is 4.87. The summed E-state index contributed by atoms with van der Waals surface area (Å²) in [6, 6.07) is 8.59. The average molecular weight is 544 g/mol. The Morgan fingerprint density at radius 3 is 2.58 bits per heavy atom. The standard InChI is InChI=1S/C27H31F2N5O3S/c1-16(2)34-15-27(3,4)37-25-21(28)11-19(12-23(25)34)24-22(29)13-30-26(32-24)31-20-7-6-18-14-33(38(5,35)36)9-8-17(18)10-20/h6-7,10-13,16H,8-9,14-15H2,1-5H3,(H,30,31,32). The highest BCUT2D eigenvalue weighted by molar-refractivity contribution is 7.88. The molecule has 0 amide bonds. The molecule has 8 nitrogen and oxygen atoms in total. The summed E-state index contributed by atoms with van der Waals surface area (Å²) in [4.78, 5) is 10.5. The molecule has 0 bridgehead atoms. The average Bonchev–Trinajstić information content (AvgIpc) is 2.84. The highest BCUT2D eigenvalue weighted by atomic mass is 32.2. The van der Waals surface area contributed by atoms with Crippen LogP contribution in [0.2, 0.25) is 0 Å². The van der Waals surface area contributed by atoms with Crippen LogP contribution in [-0.4, -0.2) is 53.7 Å². The van der Waals surface area contributed by atoms with E-state index in [-0.39, 0.29) is 29.0 Å². The van der Waals surface area contributed by atoms with Gasteiger partial charge in [-0.05, 0) is 69.5 Å². The minimum absolute atomic E-state index is 0.0282. The van der Waals surface area contributed by atoms with Gasteiger partial charge in [0, 0.05) is 30.4 Å². The van der Waals surface area contributed by atoms with Crippen LogP contribution in [0, 0.1) is 11.6 Å². The Morgan fingerprint density at radius 1 is 1.11 bits per heavy atom. The molecule has 0 aliphatic carbocycles. The van der Waals surface area contributed by atoms with Gasteiger partial charge in [-0.1, -0.05) is 6.07 Å². The van der Waals surface area contributed by atoms with E-state index < -0.39 is 27.3 Å². The van der Waals surface area contributed by atoms with Crippen molar-refractivity contribution in [1.82, 2.24) is 14.3 Å². The lowest BCUT2D eigenvalue weighted by atomic mass is 10.0. The van der Waals surface area contributed by atoms with Crippen molar-refractivity contribution in [2.24, 2.45) is 0 Å². The first-order valence-electron chi connectivity index (χ1n) is 12.5. The lowest BCUT2D eigenvalue weighted by molar-refractivity contribution is 0.0967. The van der Waals surface area contributed by atoms with Crippen LogP contribution in [0.25, 0.3) is 11.3 Å². The van der Waals surface area contributed by atoms with Crippen molar-refractivity contribution in [2.45, 2.75) is 52.3 Å². The molecule has 2 aromatic carbocycles. The number of hydrogen-bond acceptors (Lipinski definition) is 7. The number of rotatable bonds is 5. The molecule has 0 saturated carbocycles. The lowest BCUT2D eigenvalue weighted by Crippen LogP contribution is -2.49. The minimum atomic E-state index is -3.26. The minimum Gasteiger partial charge on any atom is -0.481 e. The maximum Gasteiger partial charge on any atom is 0.227 e. The zero-order chi connectivity index (χ0) is 27.4. The largest absolute Gasteiger partial charge is 0.481 e. The first-order chi connectivity index (χ1) is 17.8. The van der Waals surface area contributed by atoms with E-state index in [4.69, 9.17) is 4.74 Å². The summed E-state index contributed by atoms with van der Waals surface area (Å²) in [6.07, 6.45) is 2.84. The summed E-state index contributed by atoms with van der Waals surface area (Å²) < 4.78 is 61.4. The highest BCUT2D eigenvalue weighted by Crippen LogP contribution is 2.43. The third kappa shape index (κ3) is 5.17. The van der Waals surface area contributed by atoms with Gasteiger partial charge < -0.3 is 15.0 Å². The van der Waals surface area contributed by atoms with Crippen LogP contribution in [0.1, 0.15) is 38.8 Å². The third-order valence-corrected chi connectivity index (χ3v) is 8.06. The zero-order valence-corrected chi connectivity index (χ0v) is 22.9. The zero-order valence-electron chi connectivity index (χ0n) is 22.0. The van der Waals surface area contributed by atoms with Gasteiger partial charge in [0.25, 0.3) is 0 Å². The van der Waals surface area contributed by atoms with Crippen molar-refractivity contribution in [3.8, 4) is 17.0 Å². The van der Waals surface area contributed by atoms with Crippen molar-refractivity contribution in [3.63, 3.8) is 0 Å². The molecular weight excluding hydrogens is 512 g/mol. The number of halogens is 2. The van der Waals surface area contributed by atoms with E-state index >= 15 is 4.39 Å². The van der Waals surface area contributed by atoms with E-state index in [1.54, 1.807) is 12.1 Å². The van der Waals surface area contributed by atoms with Gasteiger partial charge in [0.2, 0.25) is 16.0 Å². The monoisotopic (exact) mass is 543 g/mol. The second-order valence-electron chi connectivity index (χ2n) is 10.7. The number of hydrogen-bond donors (Lipinski definition) is 1. The molecule has 0 atom stereocenters. The van der Waals surface area contributed by atoms with Crippen molar-refractivity contribution >= 4 is 27.3 Å². The fourth-order valence-electron chi connectivity index (χ4n) is 4.94. The molecule has 0 fully saturated rings. The number of nitrogens with one attached hydrogen (secondary N) is 1. The summed E-state index contributed by atoms with van der Waals surface area (Å²) in [6.45, 7) is 9.13. The number of ether oxygens (including phenoxy) is 1. The number of sulfonamides is 1. The summed E-state index contributed by atoms with van der Waals surface area (Å²) in [5.41, 5.74) is 2.87. The molecule has 2 aliphatic heterocycles. The van der Waals surface area contributed by atoms with E-state index in [1.807, 2.05) is 44.7 Å². The smallest absolute Gasteiger partial charge is 0.227 e. The second kappa shape index (κ2) is 9.46. The maximum atomic E-state index is 15.3. The van der Waals surface area contributed by atoms with Gasteiger partial charge in [-0.2, -0.15) is 4.31 Å². The summed E-state index contributed by atoms with van der Waals surface area (Å²) in [5.74, 6) is -0.947. The topological polar surface area (TPSA) is 87.7 Å². The maximum absolute atomic E-state index is 15.3. The number of aromatic nitrogens is 2. The fraction of sp³-hybridized carbons (Fsp3) is 0.407. The summed E-state index contributed by atoms with van der Waals surface area (Å²) in [5, 5.41) is 3.10. The highest BCUT2D eigenvalue weighted by Gasteiger charge is 2.35. The van der Waals surface area contributed by atoms with Crippen LogP contribution in [0.15, 0.2) is 36.5 Å². The molecule has 0 saturated heterocycles. The van der Waals surface area contributed by atoms with Crippen LogP contribution in [0.5, 0.6) is 5.75 Å². The molecule has 0 unspecified atom stereocenters. The number of fused-ring (bicyclic) bond motifs is 2.